The Balaban J connectivity index is 2.55. The van der Waals surface area contributed by atoms with Crippen LogP contribution in [0.2, 0.25) is 0 Å². The fourth-order valence-electron chi connectivity index (χ4n) is 3.03. The lowest BCUT2D eigenvalue weighted by Gasteiger charge is -2.30. The van der Waals surface area contributed by atoms with E-state index in [1.807, 2.05) is 0 Å². The van der Waals surface area contributed by atoms with Crippen LogP contribution >= 0.6 is 0 Å². The first-order chi connectivity index (χ1) is 12.0. The van der Waals surface area contributed by atoms with Crippen LogP contribution in [0.1, 0.15) is 32.1 Å². The molecule has 8 nitrogen and oxygen atoms in total. The lowest BCUT2D eigenvalue weighted by atomic mass is 10.2. The predicted molar refractivity (Wildman–Crippen MR) is 90.9 cm³/mol. The molecular formula is C17H30N2O6. The lowest BCUT2D eigenvalue weighted by Crippen LogP contribution is -2.42. The van der Waals surface area contributed by atoms with Crippen LogP contribution in [0, 0.1) is 0 Å². The summed E-state index contributed by atoms with van der Waals surface area (Å²) in [6.07, 6.45) is 3.05. The molecule has 0 saturated carbocycles. The monoisotopic (exact) mass is 358 g/mol. The second kappa shape index (κ2) is 11.8. The Morgan fingerprint density at radius 3 is 1.96 bits per heavy atom. The van der Waals surface area contributed by atoms with Crippen LogP contribution in [0.5, 0.6) is 0 Å². The average molecular weight is 358 g/mol. The molecule has 0 aromatic rings. The Hall–Kier alpha value is -1.67. The SMILES string of the molecule is COC(=O)CCN(CCC(=O)OC)C[C@@H]1CCCN1CCC(=O)OC. The third kappa shape index (κ3) is 8.31. The highest BCUT2D eigenvalue weighted by molar-refractivity contribution is 5.70. The van der Waals surface area contributed by atoms with Crippen molar-refractivity contribution in [3.8, 4) is 0 Å². The lowest BCUT2D eigenvalue weighted by molar-refractivity contribution is -0.142. The Morgan fingerprint density at radius 2 is 1.44 bits per heavy atom. The van der Waals surface area contributed by atoms with E-state index in [0.717, 1.165) is 25.9 Å². The number of carbonyl (C=O) groups excluding carboxylic acids is 3. The summed E-state index contributed by atoms with van der Waals surface area (Å²) in [7, 11) is 4.13. The number of hydrogen-bond donors (Lipinski definition) is 0. The fraction of sp³-hybridized carbons (Fsp3) is 0.824. The minimum absolute atomic E-state index is 0.209. The summed E-state index contributed by atoms with van der Waals surface area (Å²) in [5, 5.41) is 0. The van der Waals surface area contributed by atoms with Gasteiger partial charge >= 0.3 is 17.9 Å². The van der Waals surface area contributed by atoms with E-state index in [9.17, 15) is 14.4 Å². The molecule has 0 aliphatic carbocycles. The van der Waals surface area contributed by atoms with E-state index in [-0.39, 0.29) is 30.7 Å². The molecular weight excluding hydrogens is 328 g/mol. The first-order valence-electron chi connectivity index (χ1n) is 8.67. The first kappa shape index (κ1) is 21.4. The summed E-state index contributed by atoms with van der Waals surface area (Å²) in [4.78, 5) is 38.6. The highest BCUT2D eigenvalue weighted by Crippen LogP contribution is 2.19. The second-order valence-corrected chi connectivity index (χ2v) is 6.11. The molecule has 1 rings (SSSR count). The van der Waals surface area contributed by atoms with E-state index in [1.54, 1.807) is 0 Å². The van der Waals surface area contributed by atoms with Gasteiger partial charge in [-0.15, -0.1) is 0 Å². The van der Waals surface area contributed by atoms with Crippen molar-refractivity contribution in [3.63, 3.8) is 0 Å². The van der Waals surface area contributed by atoms with Crippen molar-refractivity contribution < 1.29 is 28.6 Å². The number of likely N-dealkylation sites (tertiary alicyclic amines) is 1. The molecule has 25 heavy (non-hydrogen) atoms. The Morgan fingerprint density at radius 1 is 0.920 bits per heavy atom. The normalized spacial score (nSPS) is 17.5. The van der Waals surface area contributed by atoms with Gasteiger partial charge in [-0.3, -0.25) is 19.3 Å². The molecule has 8 heteroatoms. The van der Waals surface area contributed by atoms with Crippen molar-refractivity contribution in [2.24, 2.45) is 0 Å². The first-order valence-corrected chi connectivity index (χ1v) is 8.67. The van der Waals surface area contributed by atoms with Crippen molar-refractivity contribution in [2.45, 2.75) is 38.1 Å². The van der Waals surface area contributed by atoms with Crippen LogP contribution in [0.3, 0.4) is 0 Å². The van der Waals surface area contributed by atoms with Gasteiger partial charge in [0.15, 0.2) is 0 Å². The number of ether oxygens (including phenoxy) is 3. The highest BCUT2D eigenvalue weighted by Gasteiger charge is 2.27. The predicted octanol–water partition coefficient (Wildman–Crippen LogP) is 0.442. The number of hydrogen-bond acceptors (Lipinski definition) is 8. The van der Waals surface area contributed by atoms with Gasteiger partial charge in [0.05, 0.1) is 40.6 Å². The molecule has 0 amide bonds. The fourth-order valence-corrected chi connectivity index (χ4v) is 3.03. The molecule has 0 aromatic heterocycles. The van der Waals surface area contributed by atoms with Crippen molar-refractivity contribution in [1.82, 2.24) is 9.80 Å². The van der Waals surface area contributed by atoms with E-state index < -0.39 is 0 Å². The molecule has 1 atom stereocenters. The molecule has 1 fully saturated rings. The van der Waals surface area contributed by atoms with Gasteiger partial charge in [0, 0.05) is 32.2 Å². The molecule has 144 valence electrons. The zero-order valence-corrected chi connectivity index (χ0v) is 15.5. The molecule has 1 saturated heterocycles. The van der Waals surface area contributed by atoms with E-state index in [4.69, 9.17) is 14.2 Å². The summed E-state index contributed by atoms with van der Waals surface area (Å²) in [6, 6.07) is 0.306. The maximum atomic E-state index is 11.4. The Bertz CT molecular complexity index is 423. The van der Waals surface area contributed by atoms with Crippen LogP contribution in [0.25, 0.3) is 0 Å². The molecule has 0 unspecified atom stereocenters. The van der Waals surface area contributed by atoms with E-state index in [2.05, 4.69) is 9.80 Å². The Kier molecular flexibility index (Phi) is 10.1. The summed E-state index contributed by atoms with van der Waals surface area (Å²) < 4.78 is 14.1. The van der Waals surface area contributed by atoms with E-state index in [1.165, 1.54) is 21.3 Å². The molecule has 1 heterocycles. The van der Waals surface area contributed by atoms with Crippen LogP contribution < -0.4 is 0 Å². The van der Waals surface area contributed by atoms with Crippen molar-refractivity contribution in [1.29, 1.82) is 0 Å². The van der Waals surface area contributed by atoms with Crippen molar-refractivity contribution in [2.75, 3.05) is 54.1 Å². The van der Waals surface area contributed by atoms with Gasteiger partial charge in [-0.1, -0.05) is 0 Å². The van der Waals surface area contributed by atoms with Gasteiger partial charge < -0.3 is 19.1 Å². The van der Waals surface area contributed by atoms with Crippen molar-refractivity contribution >= 4 is 17.9 Å². The van der Waals surface area contributed by atoms with Gasteiger partial charge in [-0.2, -0.15) is 0 Å². The minimum atomic E-state index is -0.267. The second-order valence-electron chi connectivity index (χ2n) is 6.11. The minimum Gasteiger partial charge on any atom is -0.469 e. The van der Waals surface area contributed by atoms with Crippen LogP contribution in [0.4, 0.5) is 0 Å². The molecule has 0 bridgehead atoms. The topological polar surface area (TPSA) is 85.4 Å². The highest BCUT2D eigenvalue weighted by atomic mass is 16.5. The largest absolute Gasteiger partial charge is 0.469 e. The summed E-state index contributed by atoms with van der Waals surface area (Å²) in [6.45, 7) is 3.42. The zero-order valence-electron chi connectivity index (χ0n) is 15.5. The maximum Gasteiger partial charge on any atom is 0.306 e. The zero-order chi connectivity index (χ0) is 18.7. The van der Waals surface area contributed by atoms with Crippen LogP contribution in [-0.2, 0) is 28.6 Å². The number of rotatable bonds is 11. The molecule has 1 aliphatic rings. The molecule has 0 N–H and O–H groups in total. The number of esters is 3. The van der Waals surface area contributed by atoms with Crippen LogP contribution in [-0.4, -0.2) is 87.8 Å². The van der Waals surface area contributed by atoms with Crippen molar-refractivity contribution in [3.05, 3.63) is 0 Å². The summed E-state index contributed by atoms with van der Waals surface area (Å²) >= 11 is 0. The number of nitrogens with zero attached hydrogens (tertiary/aromatic N) is 2. The van der Waals surface area contributed by atoms with E-state index in [0.29, 0.717) is 32.1 Å². The Labute approximate surface area is 149 Å². The molecule has 0 radical (unpaired) electrons. The molecule has 1 aliphatic heterocycles. The van der Waals surface area contributed by atoms with Gasteiger partial charge in [-0.05, 0) is 19.4 Å². The summed E-state index contributed by atoms with van der Waals surface area (Å²) in [5.41, 5.74) is 0. The van der Waals surface area contributed by atoms with Gasteiger partial charge in [0.25, 0.3) is 0 Å². The average Bonchev–Trinajstić information content (AvgIpc) is 3.07. The van der Waals surface area contributed by atoms with Gasteiger partial charge in [-0.25, -0.2) is 0 Å². The summed E-state index contributed by atoms with van der Waals surface area (Å²) in [5.74, 6) is -0.743. The smallest absolute Gasteiger partial charge is 0.306 e. The number of carbonyl (C=O) groups is 3. The van der Waals surface area contributed by atoms with Gasteiger partial charge in [0.1, 0.15) is 0 Å². The third-order valence-electron chi connectivity index (χ3n) is 4.52. The molecule has 0 spiro atoms. The third-order valence-corrected chi connectivity index (χ3v) is 4.52. The standard InChI is InChI=1S/C17H30N2O6/c1-23-15(20)6-10-18(11-7-16(21)24-2)13-14-5-4-9-19(14)12-8-17(22)25-3/h14H,4-13H2,1-3H3/t14-/m0/s1. The maximum absolute atomic E-state index is 11.4. The quantitative estimate of drug-likeness (QED) is 0.389. The molecule has 0 aromatic carbocycles. The van der Waals surface area contributed by atoms with Crippen LogP contribution in [0.15, 0.2) is 0 Å². The number of methoxy groups -OCH3 is 3. The van der Waals surface area contributed by atoms with Gasteiger partial charge in [0.2, 0.25) is 0 Å². The van der Waals surface area contributed by atoms with E-state index >= 15 is 0 Å².